The molecule has 1 heterocycles. The maximum atomic E-state index is 10.6. The van der Waals surface area contributed by atoms with E-state index in [1.807, 2.05) is 0 Å². The molecule has 15 heavy (non-hydrogen) atoms. The van der Waals surface area contributed by atoms with Crippen LogP contribution in [0.25, 0.3) is 0 Å². The standard InChI is InChI=1S/C9H16N2O4/c12-8(13)4-7-5-10-2-1-3-11(7)6-9(14)15/h7,10H,1-6H2,(H,12,13)(H,14,15). The van der Waals surface area contributed by atoms with Crippen LogP contribution in [0.2, 0.25) is 0 Å². The molecular formula is C9H16N2O4. The maximum absolute atomic E-state index is 10.6. The first-order chi connectivity index (χ1) is 7.09. The van der Waals surface area contributed by atoms with Crippen molar-refractivity contribution in [3.8, 4) is 0 Å². The molecular weight excluding hydrogens is 200 g/mol. The number of rotatable bonds is 4. The molecule has 0 aromatic carbocycles. The van der Waals surface area contributed by atoms with Gasteiger partial charge in [-0.3, -0.25) is 14.5 Å². The van der Waals surface area contributed by atoms with Crippen molar-refractivity contribution < 1.29 is 19.8 Å². The Morgan fingerprint density at radius 1 is 1.33 bits per heavy atom. The molecule has 6 nitrogen and oxygen atoms in total. The molecule has 0 amide bonds. The highest BCUT2D eigenvalue weighted by molar-refractivity contribution is 5.70. The van der Waals surface area contributed by atoms with Crippen LogP contribution in [0.1, 0.15) is 12.8 Å². The molecule has 6 heteroatoms. The third-order valence-electron chi connectivity index (χ3n) is 2.44. The van der Waals surface area contributed by atoms with Crippen molar-refractivity contribution in [3.63, 3.8) is 0 Å². The summed E-state index contributed by atoms with van der Waals surface area (Å²) in [6, 6.07) is -0.221. The molecule has 1 rings (SSSR count). The quantitative estimate of drug-likeness (QED) is 0.570. The molecule has 0 aromatic rings. The summed E-state index contributed by atoms with van der Waals surface area (Å²) < 4.78 is 0. The number of carboxylic acid groups (broad SMARTS) is 2. The lowest BCUT2D eigenvalue weighted by atomic mass is 10.1. The van der Waals surface area contributed by atoms with Gasteiger partial charge in [-0.05, 0) is 13.0 Å². The SMILES string of the molecule is O=C(O)CC1CNCCCN1CC(=O)O. The Labute approximate surface area is 87.9 Å². The van der Waals surface area contributed by atoms with E-state index >= 15 is 0 Å². The van der Waals surface area contributed by atoms with Crippen LogP contribution in [0.15, 0.2) is 0 Å². The highest BCUT2D eigenvalue weighted by Crippen LogP contribution is 2.07. The van der Waals surface area contributed by atoms with Crippen LogP contribution in [0.4, 0.5) is 0 Å². The van der Waals surface area contributed by atoms with E-state index in [4.69, 9.17) is 10.2 Å². The van der Waals surface area contributed by atoms with Gasteiger partial charge >= 0.3 is 11.9 Å². The van der Waals surface area contributed by atoms with Crippen molar-refractivity contribution in [1.29, 1.82) is 0 Å². The molecule has 86 valence electrons. The van der Waals surface area contributed by atoms with Crippen molar-refractivity contribution in [2.75, 3.05) is 26.2 Å². The summed E-state index contributed by atoms with van der Waals surface area (Å²) in [5.74, 6) is -1.80. The van der Waals surface area contributed by atoms with Crippen molar-refractivity contribution in [2.45, 2.75) is 18.9 Å². The van der Waals surface area contributed by atoms with Crippen LogP contribution >= 0.6 is 0 Å². The van der Waals surface area contributed by atoms with E-state index in [1.165, 1.54) is 0 Å². The Bertz CT molecular complexity index is 220. The van der Waals surface area contributed by atoms with Gasteiger partial charge in [-0.1, -0.05) is 0 Å². The predicted octanol–water partition coefficient (Wildman–Crippen LogP) is -0.790. The fraction of sp³-hybridized carbons (Fsp3) is 0.778. The molecule has 0 spiro atoms. The molecule has 1 aliphatic heterocycles. The Balaban J connectivity index is 2.58. The van der Waals surface area contributed by atoms with Crippen molar-refractivity contribution >= 4 is 11.9 Å². The van der Waals surface area contributed by atoms with E-state index in [0.717, 1.165) is 13.0 Å². The van der Waals surface area contributed by atoms with Gasteiger partial charge in [0.15, 0.2) is 0 Å². The fourth-order valence-corrected chi connectivity index (χ4v) is 1.77. The number of carbonyl (C=O) groups is 2. The first kappa shape index (κ1) is 11.9. The van der Waals surface area contributed by atoms with Gasteiger partial charge in [0.1, 0.15) is 0 Å². The summed E-state index contributed by atoms with van der Waals surface area (Å²) in [6.45, 7) is 1.91. The zero-order chi connectivity index (χ0) is 11.3. The normalized spacial score (nSPS) is 23.3. The number of hydrogen-bond donors (Lipinski definition) is 3. The predicted molar refractivity (Wildman–Crippen MR) is 52.7 cm³/mol. The molecule has 0 aliphatic carbocycles. The van der Waals surface area contributed by atoms with Crippen LogP contribution in [-0.4, -0.2) is 59.3 Å². The van der Waals surface area contributed by atoms with Crippen molar-refractivity contribution in [3.05, 3.63) is 0 Å². The topological polar surface area (TPSA) is 89.9 Å². The number of carboxylic acids is 2. The maximum Gasteiger partial charge on any atom is 0.317 e. The molecule has 0 aromatic heterocycles. The number of hydrogen-bond acceptors (Lipinski definition) is 4. The first-order valence-electron chi connectivity index (χ1n) is 4.98. The van der Waals surface area contributed by atoms with Crippen LogP contribution in [-0.2, 0) is 9.59 Å². The summed E-state index contributed by atoms with van der Waals surface area (Å²) in [6.07, 6.45) is 0.837. The average Bonchev–Trinajstić information content (AvgIpc) is 2.30. The molecule has 1 aliphatic rings. The summed E-state index contributed by atoms with van der Waals surface area (Å²) in [7, 11) is 0. The minimum absolute atomic E-state index is 0.0136. The van der Waals surface area contributed by atoms with Crippen molar-refractivity contribution in [1.82, 2.24) is 10.2 Å². The van der Waals surface area contributed by atoms with Crippen LogP contribution in [0.5, 0.6) is 0 Å². The third-order valence-corrected chi connectivity index (χ3v) is 2.44. The molecule has 3 N–H and O–H groups in total. The second kappa shape index (κ2) is 5.67. The minimum atomic E-state index is -0.910. The molecule has 0 saturated carbocycles. The molecule has 0 bridgehead atoms. The van der Waals surface area contributed by atoms with E-state index in [9.17, 15) is 9.59 Å². The Hall–Kier alpha value is -1.14. The molecule has 1 atom stereocenters. The molecule has 1 fully saturated rings. The monoisotopic (exact) mass is 216 g/mol. The fourth-order valence-electron chi connectivity index (χ4n) is 1.77. The van der Waals surface area contributed by atoms with E-state index < -0.39 is 11.9 Å². The number of nitrogens with one attached hydrogen (secondary N) is 1. The van der Waals surface area contributed by atoms with Crippen molar-refractivity contribution in [2.24, 2.45) is 0 Å². The Morgan fingerprint density at radius 2 is 2.07 bits per heavy atom. The van der Waals surface area contributed by atoms with E-state index in [1.54, 1.807) is 4.90 Å². The minimum Gasteiger partial charge on any atom is -0.481 e. The Morgan fingerprint density at radius 3 is 2.67 bits per heavy atom. The number of aliphatic carboxylic acids is 2. The summed E-state index contributed by atoms with van der Waals surface area (Å²) in [5, 5.41) is 20.5. The largest absolute Gasteiger partial charge is 0.481 e. The highest BCUT2D eigenvalue weighted by Gasteiger charge is 2.24. The summed E-state index contributed by atoms with van der Waals surface area (Å²) in [5.41, 5.74) is 0. The van der Waals surface area contributed by atoms with Gasteiger partial charge in [0.05, 0.1) is 13.0 Å². The average molecular weight is 216 g/mol. The van der Waals surface area contributed by atoms with Gasteiger partial charge in [-0.2, -0.15) is 0 Å². The zero-order valence-corrected chi connectivity index (χ0v) is 8.48. The molecule has 0 radical (unpaired) electrons. The van der Waals surface area contributed by atoms with Gasteiger partial charge in [-0.25, -0.2) is 0 Å². The van der Waals surface area contributed by atoms with Gasteiger partial charge < -0.3 is 15.5 Å². The van der Waals surface area contributed by atoms with Crippen LogP contribution < -0.4 is 5.32 Å². The van der Waals surface area contributed by atoms with Gasteiger partial charge in [0.2, 0.25) is 0 Å². The van der Waals surface area contributed by atoms with Gasteiger partial charge in [0, 0.05) is 19.1 Å². The number of nitrogens with zero attached hydrogens (tertiary/aromatic N) is 1. The molecule has 1 unspecified atom stereocenters. The van der Waals surface area contributed by atoms with Gasteiger partial charge in [-0.15, -0.1) is 0 Å². The van der Waals surface area contributed by atoms with E-state index in [0.29, 0.717) is 13.1 Å². The lowest BCUT2D eigenvalue weighted by Gasteiger charge is -2.26. The summed E-state index contributed by atoms with van der Waals surface area (Å²) in [4.78, 5) is 22.9. The molecule has 1 saturated heterocycles. The third kappa shape index (κ3) is 4.26. The van der Waals surface area contributed by atoms with E-state index in [-0.39, 0.29) is 19.0 Å². The first-order valence-corrected chi connectivity index (χ1v) is 4.98. The van der Waals surface area contributed by atoms with Crippen LogP contribution in [0.3, 0.4) is 0 Å². The smallest absolute Gasteiger partial charge is 0.317 e. The second-order valence-electron chi connectivity index (χ2n) is 3.67. The lowest BCUT2D eigenvalue weighted by Crippen LogP contribution is -2.43. The second-order valence-corrected chi connectivity index (χ2v) is 3.67. The zero-order valence-electron chi connectivity index (χ0n) is 8.48. The lowest BCUT2D eigenvalue weighted by molar-refractivity contribution is -0.142. The van der Waals surface area contributed by atoms with Gasteiger partial charge in [0.25, 0.3) is 0 Å². The van der Waals surface area contributed by atoms with Crippen LogP contribution in [0, 0.1) is 0 Å². The summed E-state index contributed by atoms with van der Waals surface area (Å²) >= 11 is 0. The highest BCUT2D eigenvalue weighted by atomic mass is 16.4. The van der Waals surface area contributed by atoms with E-state index in [2.05, 4.69) is 5.32 Å². The Kier molecular flexibility index (Phi) is 4.51.